The number of likely N-dealkylation sites (tertiary alicyclic amines) is 1. The van der Waals surface area contributed by atoms with Crippen molar-refractivity contribution < 1.29 is 0 Å². The highest BCUT2D eigenvalue weighted by atomic mass is 15.2. The summed E-state index contributed by atoms with van der Waals surface area (Å²) in [5.74, 6) is 0.880. The Morgan fingerprint density at radius 1 is 1.38 bits per heavy atom. The van der Waals surface area contributed by atoms with Crippen molar-refractivity contribution in [1.82, 2.24) is 10.2 Å². The highest BCUT2D eigenvalue weighted by molar-refractivity contribution is 4.79. The van der Waals surface area contributed by atoms with Crippen LogP contribution in [-0.4, -0.2) is 37.6 Å². The largest absolute Gasteiger partial charge is 0.312 e. The lowest BCUT2D eigenvalue weighted by Crippen LogP contribution is -2.34. The molecule has 0 radical (unpaired) electrons. The summed E-state index contributed by atoms with van der Waals surface area (Å²) in [6.07, 6.45) is 3.95. The van der Waals surface area contributed by atoms with Crippen molar-refractivity contribution in [3.63, 3.8) is 0 Å². The lowest BCUT2D eigenvalue weighted by molar-refractivity contribution is 0.377. The molecule has 1 atom stereocenters. The first-order valence-corrected chi connectivity index (χ1v) is 5.68. The fourth-order valence-electron chi connectivity index (χ4n) is 2.01. The molecule has 78 valence electrons. The number of nitrogens with zero attached hydrogens (tertiary/aromatic N) is 1. The monoisotopic (exact) mass is 184 g/mol. The first-order chi connectivity index (χ1) is 6.26. The topological polar surface area (TPSA) is 15.3 Å². The minimum Gasteiger partial charge on any atom is -0.312 e. The Morgan fingerprint density at radius 2 is 2.08 bits per heavy atom. The molecule has 2 nitrogen and oxygen atoms in total. The molecule has 0 bridgehead atoms. The minimum atomic E-state index is 0.755. The van der Waals surface area contributed by atoms with E-state index in [2.05, 4.69) is 31.1 Å². The summed E-state index contributed by atoms with van der Waals surface area (Å²) in [5, 5.41) is 3.67. The second-order valence-electron chi connectivity index (χ2n) is 4.34. The summed E-state index contributed by atoms with van der Waals surface area (Å²) in [6.45, 7) is 8.29. The fourth-order valence-corrected chi connectivity index (χ4v) is 2.01. The molecule has 0 aromatic rings. The molecule has 1 saturated heterocycles. The molecule has 1 N–H and O–H groups in total. The number of likely N-dealkylation sites (N-methyl/N-ethyl adjacent to an activating group) is 1. The second-order valence-corrected chi connectivity index (χ2v) is 4.34. The summed E-state index contributed by atoms with van der Waals surface area (Å²) in [5.41, 5.74) is 0. The Balaban J connectivity index is 2.11. The average Bonchev–Trinajstić information content (AvgIpc) is 2.53. The van der Waals surface area contributed by atoms with E-state index >= 15 is 0 Å². The molecule has 1 rings (SSSR count). The Hall–Kier alpha value is -0.0800. The smallest absolute Gasteiger partial charge is 0.0207 e. The van der Waals surface area contributed by atoms with E-state index in [1.54, 1.807) is 0 Å². The Bertz CT molecular complexity index is 132. The lowest BCUT2D eigenvalue weighted by atomic mass is 10.0. The predicted octanol–water partition coefficient (Wildman–Crippen LogP) is 1.72. The van der Waals surface area contributed by atoms with Crippen LogP contribution in [0.25, 0.3) is 0 Å². The zero-order chi connectivity index (χ0) is 9.68. The van der Waals surface area contributed by atoms with E-state index < -0.39 is 0 Å². The molecule has 0 aliphatic carbocycles. The third-order valence-corrected chi connectivity index (χ3v) is 3.24. The van der Waals surface area contributed by atoms with Crippen LogP contribution in [0.3, 0.4) is 0 Å². The molecule has 0 spiro atoms. The molecule has 1 unspecified atom stereocenters. The van der Waals surface area contributed by atoms with Gasteiger partial charge < -0.3 is 10.2 Å². The van der Waals surface area contributed by atoms with Gasteiger partial charge in [-0.2, -0.15) is 0 Å². The molecule has 1 aliphatic heterocycles. The molecule has 13 heavy (non-hydrogen) atoms. The highest BCUT2D eigenvalue weighted by Gasteiger charge is 2.19. The quantitative estimate of drug-likeness (QED) is 0.700. The maximum atomic E-state index is 3.67. The van der Waals surface area contributed by atoms with Crippen molar-refractivity contribution in [3.05, 3.63) is 0 Å². The van der Waals surface area contributed by atoms with E-state index in [4.69, 9.17) is 0 Å². The molecular formula is C11H24N2. The van der Waals surface area contributed by atoms with Gasteiger partial charge in [-0.05, 0) is 32.5 Å². The number of nitrogens with one attached hydrogen (secondary N) is 1. The molecule has 1 aliphatic rings. The second kappa shape index (κ2) is 5.61. The maximum Gasteiger partial charge on any atom is 0.0207 e. The number of rotatable bonds is 5. The van der Waals surface area contributed by atoms with Crippen molar-refractivity contribution in [2.45, 2.75) is 39.2 Å². The van der Waals surface area contributed by atoms with Crippen LogP contribution in [0.1, 0.15) is 33.1 Å². The van der Waals surface area contributed by atoms with Crippen molar-refractivity contribution in [1.29, 1.82) is 0 Å². The van der Waals surface area contributed by atoms with Gasteiger partial charge in [0, 0.05) is 12.6 Å². The van der Waals surface area contributed by atoms with Gasteiger partial charge in [0.05, 0.1) is 0 Å². The Morgan fingerprint density at radius 3 is 2.54 bits per heavy atom. The van der Waals surface area contributed by atoms with Crippen molar-refractivity contribution in [2.24, 2.45) is 5.92 Å². The van der Waals surface area contributed by atoms with E-state index in [0.717, 1.165) is 12.0 Å². The molecule has 0 amide bonds. The van der Waals surface area contributed by atoms with Gasteiger partial charge in [0.1, 0.15) is 0 Å². The standard InChI is InChI=1S/C11H24N2/c1-4-10(5-2)8-12-11-6-7-13(3)9-11/h10-12H,4-9H2,1-3H3. The normalized spacial score (nSPS) is 24.5. The summed E-state index contributed by atoms with van der Waals surface area (Å²) in [7, 11) is 2.21. The maximum absolute atomic E-state index is 3.67. The van der Waals surface area contributed by atoms with Crippen molar-refractivity contribution in [3.8, 4) is 0 Å². The molecule has 2 heteroatoms. The SMILES string of the molecule is CCC(CC)CNC1CCN(C)C1. The molecule has 0 aromatic heterocycles. The third kappa shape index (κ3) is 3.65. The lowest BCUT2D eigenvalue weighted by Gasteiger charge is -2.17. The van der Waals surface area contributed by atoms with Gasteiger partial charge in [-0.25, -0.2) is 0 Å². The molecule has 1 fully saturated rings. The zero-order valence-corrected chi connectivity index (χ0v) is 9.34. The van der Waals surface area contributed by atoms with E-state index in [1.165, 1.54) is 38.9 Å². The van der Waals surface area contributed by atoms with E-state index in [-0.39, 0.29) is 0 Å². The van der Waals surface area contributed by atoms with Gasteiger partial charge in [0.25, 0.3) is 0 Å². The average molecular weight is 184 g/mol. The summed E-state index contributed by atoms with van der Waals surface area (Å²) >= 11 is 0. The van der Waals surface area contributed by atoms with Crippen LogP contribution in [0.2, 0.25) is 0 Å². The van der Waals surface area contributed by atoms with Crippen LogP contribution < -0.4 is 5.32 Å². The summed E-state index contributed by atoms with van der Waals surface area (Å²) in [6, 6.07) is 0.755. The minimum absolute atomic E-state index is 0.755. The molecule has 0 saturated carbocycles. The van der Waals surface area contributed by atoms with E-state index in [0.29, 0.717) is 0 Å². The molecule has 0 aromatic carbocycles. The van der Waals surface area contributed by atoms with Crippen molar-refractivity contribution in [2.75, 3.05) is 26.7 Å². The van der Waals surface area contributed by atoms with Crippen LogP contribution >= 0.6 is 0 Å². The van der Waals surface area contributed by atoms with Crippen LogP contribution in [-0.2, 0) is 0 Å². The van der Waals surface area contributed by atoms with Gasteiger partial charge >= 0.3 is 0 Å². The van der Waals surface area contributed by atoms with Gasteiger partial charge in [-0.1, -0.05) is 26.7 Å². The molecule has 1 heterocycles. The molecular weight excluding hydrogens is 160 g/mol. The number of hydrogen-bond acceptors (Lipinski definition) is 2. The van der Waals surface area contributed by atoms with E-state index in [9.17, 15) is 0 Å². The summed E-state index contributed by atoms with van der Waals surface area (Å²) in [4.78, 5) is 2.41. The van der Waals surface area contributed by atoms with Crippen molar-refractivity contribution >= 4 is 0 Å². The first-order valence-electron chi connectivity index (χ1n) is 5.68. The number of hydrogen-bond donors (Lipinski definition) is 1. The van der Waals surface area contributed by atoms with Gasteiger partial charge in [0.15, 0.2) is 0 Å². The summed E-state index contributed by atoms with van der Waals surface area (Å²) < 4.78 is 0. The predicted molar refractivity (Wildman–Crippen MR) is 58.0 cm³/mol. The van der Waals surface area contributed by atoms with Gasteiger partial charge in [-0.15, -0.1) is 0 Å². The zero-order valence-electron chi connectivity index (χ0n) is 9.34. The third-order valence-electron chi connectivity index (χ3n) is 3.24. The van der Waals surface area contributed by atoms with Crippen LogP contribution in [0, 0.1) is 5.92 Å². The van der Waals surface area contributed by atoms with Crippen LogP contribution in [0.4, 0.5) is 0 Å². The first kappa shape index (κ1) is 11.0. The van der Waals surface area contributed by atoms with E-state index in [1.807, 2.05) is 0 Å². The fraction of sp³-hybridized carbons (Fsp3) is 1.00. The Labute approximate surface area is 82.7 Å². The van der Waals surface area contributed by atoms with Crippen LogP contribution in [0.15, 0.2) is 0 Å². The highest BCUT2D eigenvalue weighted by Crippen LogP contribution is 2.09. The Kier molecular flexibility index (Phi) is 4.74. The van der Waals surface area contributed by atoms with Gasteiger partial charge in [-0.3, -0.25) is 0 Å². The van der Waals surface area contributed by atoms with Crippen LogP contribution in [0.5, 0.6) is 0 Å². The van der Waals surface area contributed by atoms with Gasteiger partial charge in [0.2, 0.25) is 0 Å².